The van der Waals surface area contributed by atoms with Gasteiger partial charge in [0.05, 0.1) is 111 Å². The van der Waals surface area contributed by atoms with E-state index < -0.39 is 26.4 Å². The molecule has 0 radical (unpaired) electrons. The SMILES string of the molecule is C#Cc1cc2ncn(CC(=O)C[C@@H]3NCCC[C@H]3O)c(=O)c2cc1Cl.C[Si](C)(C)C#Cc1cc2ncn(CC(=O)C[C@@H]3NCCC[C@H]3O)c(=O)c2cc1Cl.NCOCOCCCCC#Cc1cc2ncn(CC(=O)C[C@@H]3NCCC[C@H]3O)c(=O)c2cc1Cl. The molecule has 3 saturated heterocycles. The summed E-state index contributed by atoms with van der Waals surface area (Å²) in [5.74, 6) is 11.2. The van der Waals surface area contributed by atoms with Gasteiger partial charge in [-0.1, -0.05) is 78.1 Å². The predicted molar refractivity (Wildman–Crippen MR) is 343 cm³/mol. The largest absolute Gasteiger partial charge is 0.391 e. The van der Waals surface area contributed by atoms with E-state index in [1.54, 1.807) is 30.3 Å². The number of Topliss-reactive ketones (excluding diaryl/α,β-unsaturated/α-hetero) is 3. The molecule has 8 N–H and O–H groups in total. The molecule has 6 aromatic rings. The number of aliphatic hydroxyl groups is 3. The molecule has 3 aromatic heterocycles. The van der Waals surface area contributed by atoms with E-state index in [4.69, 9.17) is 56.4 Å². The Hall–Kier alpha value is -6.50. The number of hydrogen-bond donors (Lipinski definition) is 7. The molecule has 468 valence electrons. The van der Waals surface area contributed by atoms with Crippen LogP contribution in [0.3, 0.4) is 0 Å². The molecule has 3 fully saturated rings. The number of nitrogens with zero attached hydrogens (tertiary/aromatic N) is 6. The molecule has 0 unspecified atom stereocenters. The smallest absolute Gasteiger partial charge is 0.261 e. The van der Waals surface area contributed by atoms with Crippen molar-refractivity contribution >= 4 is 92.9 Å². The van der Waals surface area contributed by atoms with Crippen LogP contribution in [0.1, 0.15) is 93.7 Å². The number of benzene rings is 3. The average molecular weight is 1280 g/mol. The first-order chi connectivity index (χ1) is 42.1. The molecule has 9 rings (SSSR count). The summed E-state index contributed by atoms with van der Waals surface area (Å²) in [6.45, 7) is 9.40. The average Bonchev–Trinajstić information content (AvgIpc) is 3.50. The molecule has 21 nitrogen and oxygen atoms in total. The van der Waals surface area contributed by atoms with Crippen molar-refractivity contribution in [2.24, 2.45) is 5.73 Å². The molecule has 0 spiro atoms. The standard InChI is InChI=1S/C24H31ClN4O5.C21H26ClN3O3Si.C18H18ClN3O3/c25-20-12-19-21(10-17(20)6-3-1-2-4-9-33-16-34-14-26)28-15-29(24(19)32)13-18(30)11-22-23(31)7-5-8-27-22;1-29(2,3)8-6-14-9-18-16(11-17(14)22)21(28)25(13-24-18)12-15(26)10-19-20(27)5-4-7-23-19;1-2-11-6-15-13(8-14(11)19)18(25)22(10-21-15)9-12(23)7-16-17(24)4-3-5-20-16/h10,12,15,22-23,27,31H,1-2,4-5,7-9,11,13-14,16,26H2;9,11,13,19-20,23,27H,4-5,7,10,12H2,1-3H3;1,6,8,10,16-17,20,24H,3-5,7,9H2/t22-,23+;19-,20+;16-,17+/m000/s1. The number of nitrogens with one attached hydrogen (secondary N) is 3. The minimum atomic E-state index is -1.56. The molecule has 0 bridgehead atoms. The lowest BCUT2D eigenvalue weighted by molar-refractivity contribution is -0.121. The molecule has 25 heteroatoms. The van der Waals surface area contributed by atoms with Crippen LogP contribution in [0, 0.1) is 35.6 Å². The van der Waals surface area contributed by atoms with E-state index >= 15 is 0 Å². The summed E-state index contributed by atoms with van der Waals surface area (Å²) in [5, 5.41) is 41.5. The number of unbranched alkanes of at least 4 members (excludes halogenated alkanes) is 2. The van der Waals surface area contributed by atoms with Crippen LogP contribution in [0.5, 0.6) is 0 Å². The number of rotatable bonds is 19. The molecule has 3 aliphatic heterocycles. The molecular formula is C63H75Cl3N10O11Si. The van der Waals surface area contributed by atoms with Crippen LogP contribution in [0.15, 0.2) is 69.8 Å². The maximum absolute atomic E-state index is 12.9. The lowest BCUT2D eigenvalue weighted by Crippen LogP contribution is -2.46. The van der Waals surface area contributed by atoms with Crippen LogP contribution in [0.25, 0.3) is 32.7 Å². The number of fused-ring (bicyclic) bond motifs is 3. The van der Waals surface area contributed by atoms with Gasteiger partial charge in [-0.15, -0.1) is 12.0 Å². The number of nitrogens with two attached hydrogens (primary N) is 1. The summed E-state index contributed by atoms with van der Waals surface area (Å²) < 4.78 is 14.0. The van der Waals surface area contributed by atoms with Crippen LogP contribution >= 0.6 is 34.8 Å². The van der Waals surface area contributed by atoms with Crippen LogP contribution in [-0.2, 0) is 43.5 Å². The van der Waals surface area contributed by atoms with E-state index in [2.05, 4.69) is 79.8 Å². The van der Waals surface area contributed by atoms with Gasteiger partial charge in [-0.2, -0.15) is 0 Å². The quantitative estimate of drug-likeness (QED) is 0.0243. The van der Waals surface area contributed by atoms with Crippen LogP contribution < -0.4 is 38.4 Å². The van der Waals surface area contributed by atoms with Crippen molar-refractivity contribution in [2.75, 3.05) is 39.8 Å². The molecule has 6 heterocycles. The number of piperidine rings is 3. The summed E-state index contributed by atoms with van der Waals surface area (Å²) >= 11 is 18.8. The third kappa shape index (κ3) is 20.0. The Bertz CT molecular complexity index is 3840. The molecule has 0 saturated carbocycles. The molecule has 3 aromatic carbocycles. The minimum absolute atomic E-state index is 0.0819. The lowest BCUT2D eigenvalue weighted by Gasteiger charge is -2.28. The second-order valence-corrected chi connectivity index (χ2v) is 28.9. The highest BCUT2D eigenvalue weighted by molar-refractivity contribution is 6.83. The summed E-state index contributed by atoms with van der Waals surface area (Å²) in [5.41, 5.74) is 10.6. The number of aliphatic hydroxyl groups excluding tert-OH is 3. The number of aromatic nitrogens is 6. The molecule has 6 atom stereocenters. The van der Waals surface area contributed by atoms with Gasteiger partial charge in [0, 0.05) is 67.1 Å². The fourth-order valence-corrected chi connectivity index (χ4v) is 11.3. The van der Waals surface area contributed by atoms with Crippen molar-refractivity contribution < 1.29 is 39.2 Å². The zero-order chi connectivity index (χ0) is 63.5. The number of ether oxygens (including phenoxy) is 2. The van der Waals surface area contributed by atoms with Gasteiger partial charge in [-0.3, -0.25) is 42.5 Å². The maximum Gasteiger partial charge on any atom is 0.261 e. The van der Waals surface area contributed by atoms with Crippen molar-refractivity contribution in [1.82, 2.24) is 44.6 Å². The van der Waals surface area contributed by atoms with Gasteiger partial charge in [0.2, 0.25) is 0 Å². The van der Waals surface area contributed by atoms with Crippen LogP contribution in [-0.4, -0.2) is 146 Å². The first-order valence-electron chi connectivity index (χ1n) is 29.3. The number of terminal acetylenes is 1. The van der Waals surface area contributed by atoms with Gasteiger partial charge < -0.3 is 46.5 Å². The van der Waals surface area contributed by atoms with Gasteiger partial charge in [0.25, 0.3) is 16.7 Å². The molecule has 3 aliphatic rings. The van der Waals surface area contributed by atoms with Gasteiger partial charge in [0.15, 0.2) is 17.3 Å². The highest BCUT2D eigenvalue weighted by Crippen LogP contribution is 2.24. The van der Waals surface area contributed by atoms with E-state index in [-0.39, 0.29) is 105 Å². The van der Waals surface area contributed by atoms with Crippen LogP contribution in [0.4, 0.5) is 0 Å². The Balaban J connectivity index is 0.000000190. The van der Waals surface area contributed by atoms with E-state index in [0.29, 0.717) is 96.8 Å². The van der Waals surface area contributed by atoms with Crippen molar-refractivity contribution in [1.29, 1.82) is 0 Å². The minimum Gasteiger partial charge on any atom is -0.391 e. The number of halogens is 3. The van der Waals surface area contributed by atoms with Gasteiger partial charge >= 0.3 is 0 Å². The van der Waals surface area contributed by atoms with Crippen molar-refractivity contribution in [2.45, 2.75) is 153 Å². The van der Waals surface area contributed by atoms with E-state index in [0.717, 1.165) is 51.7 Å². The first kappa shape index (κ1) is 69.0. The number of hydrogen-bond acceptors (Lipinski definition) is 18. The van der Waals surface area contributed by atoms with Crippen LogP contribution in [0.2, 0.25) is 34.7 Å². The third-order valence-corrected chi connectivity index (χ3v) is 16.7. The van der Waals surface area contributed by atoms with Gasteiger partial charge in [0.1, 0.15) is 14.9 Å². The van der Waals surface area contributed by atoms with Gasteiger partial charge in [-0.25, -0.2) is 15.0 Å². The summed E-state index contributed by atoms with van der Waals surface area (Å²) in [6.07, 6.45) is 15.4. The zero-order valence-electron chi connectivity index (χ0n) is 49.6. The molecule has 88 heavy (non-hydrogen) atoms. The van der Waals surface area contributed by atoms with Gasteiger partial charge in [-0.05, 0) is 107 Å². The second kappa shape index (κ2) is 33.4. The Kier molecular flexibility index (Phi) is 26.1. The molecule has 0 amide bonds. The number of ketones is 3. The van der Waals surface area contributed by atoms with E-state index in [1.165, 1.54) is 38.7 Å². The lowest BCUT2D eigenvalue weighted by atomic mass is 9.97. The Morgan fingerprint density at radius 2 is 1.00 bits per heavy atom. The summed E-state index contributed by atoms with van der Waals surface area (Å²) in [7, 11) is -1.56. The molecule has 0 aliphatic carbocycles. The predicted octanol–water partition coefficient (Wildman–Crippen LogP) is 5.00. The summed E-state index contributed by atoms with van der Waals surface area (Å²) in [4.78, 5) is 88.4. The maximum atomic E-state index is 12.9. The Morgan fingerprint density at radius 1 is 0.614 bits per heavy atom. The fourth-order valence-electron chi connectivity index (χ4n) is 10.1. The number of carbonyl (C=O) groups is 3. The van der Waals surface area contributed by atoms with Crippen molar-refractivity contribution in [3.05, 3.63) is 118 Å². The normalized spacial score (nSPS) is 19.2. The Labute approximate surface area is 526 Å². The second-order valence-electron chi connectivity index (χ2n) is 22.9. The number of carbonyl (C=O) groups excluding carboxylic acids is 3. The van der Waals surface area contributed by atoms with E-state index in [1.807, 2.05) is 0 Å². The highest BCUT2D eigenvalue weighted by Gasteiger charge is 2.28. The summed E-state index contributed by atoms with van der Waals surface area (Å²) in [6, 6.07) is 8.79. The van der Waals surface area contributed by atoms with Crippen molar-refractivity contribution in [3.8, 4) is 35.6 Å². The third-order valence-electron chi connectivity index (χ3n) is 14.8. The zero-order valence-corrected chi connectivity index (χ0v) is 52.9. The molecular weight excluding hydrogens is 1210 g/mol. The fraction of sp³-hybridized carbons (Fsp3) is 0.476. The van der Waals surface area contributed by atoms with Crippen molar-refractivity contribution in [3.63, 3.8) is 0 Å². The van der Waals surface area contributed by atoms with E-state index in [9.17, 15) is 44.1 Å². The Morgan fingerprint density at radius 3 is 1.38 bits per heavy atom. The topological polar surface area (TPSA) is 297 Å². The first-order valence-corrected chi connectivity index (χ1v) is 34.0. The highest BCUT2D eigenvalue weighted by atomic mass is 35.5. The monoisotopic (exact) mass is 1280 g/mol.